The number of hydrogen-bond donors (Lipinski definition) is 1. The maximum absolute atomic E-state index is 12.0. The maximum atomic E-state index is 12.0. The molecule has 114 valence electrons. The van der Waals surface area contributed by atoms with Crippen LogP contribution in [0, 0.1) is 0 Å². The lowest BCUT2D eigenvalue weighted by molar-refractivity contribution is 0.241. The van der Waals surface area contributed by atoms with Gasteiger partial charge in [0.25, 0.3) is 5.56 Å². The highest BCUT2D eigenvalue weighted by molar-refractivity contribution is 7.17. The number of H-pyrrole nitrogens is 1. The Bertz CT molecular complexity index is 813. The van der Waals surface area contributed by atoms with Crippen LogP contribution in [-0.2, 0) is 13.0 Å². The number of nitrogens with one attached hydrogen (secondary N) is 1. The average molecular weight is 315 g/mol. The monoisotopic (exact) mass is 315 g/mol. The van der Waals surface area contributed by atoms with E-state index in [1.165, 1.54) is 11.3 Å². The van der Waals surface area contributed by atoms with Crippen LogP contribution in [0.2, 0.25) is 0 Å². The smallest absolute Gasteiger partial charge is 0.268 e. The molecule has 7 heteroatoms. The van der Waals surface area contributed by atoms with Crippen molar-refractivity contribution in [2.75, 3.05) is 7.05 Å². The third-order valence-corrected chi connectivity index (χ3v) is 4.54. The van der Waals surface area contributed by atoms with Crippen LogP contribution in [-0.4, -0.2) is 37.9 Å². The molecule has 22 heavy (non-hydrogen) atoms. The highest BCUT2D eigenvalue weighted by atomic mass is 32.1. The number of hydrogen-bond acceptors (Lipinski definition) is 6. The zero-order valence-corrected chi connectivity index (χ0v) is 13.3. The van der Waals surface area contributed by atoms with Crippen molar-refractivity contribution in [3.8, 4) is 0 Å². The molecule has 3 aromatic rings. The Morgan fingerprint density at radius 2 is 2.27 bits per heavy atom. The summed E-state index contributed by atoms with van der Waals surface area (Å²) in [5, 5.41) is 1.89. The van der Waals surface area contributed by atoms with E-state index in [2.05, 4.69) is 31.8 Å². The molecule has 0 amide bonds. The van der Waals surface area contributed by atoms with Gasteiger partial charge in [0.05, 0.1) is 17.8 Å². The van der Waals surface area contributed by atoms with Crippen molar-refractivity contribution in [2.45, 2.75) is 25.9 Å². The van der Waals surface area contributed by atoms with Crippen LogP contribution in [0.5, 0.6) is 0 Å². The van der Waals surface area contributed by atoms with Gasteiger partial charge in [-0.15, -0.1) is 11.3 Å². The summed E-state index contributed by atoms with van der Waals surface area (Å²) >= 11 is 1.41. The fourth-order valence-electron chi connectivity index (χ4n) is 2.28. The Morgan fingerprint density at radius 3 is 3.05 bits per heavy atom. The average Bonchev–Trinajstić information content (AvgIpc) is 2.97. The Morgan fingerprint density at radius 1 is 1.41 bits per heavy atom. The van der Waals surface area contributed by atoms with Crippen LogP contribution >= 0.6 is 11.3 Å². The normalized spacial score (nSPS) is 12.9. The first-order valence-corrected chi connectivity index (χ1v) is 7.93. The Kier molecular flexibility index (Phi) is 4.26. The molecule has 0 spiro atoms. The summed E-state index contributed by atoms with van der Waals surface area (Å²) in [6.45, 7) is 2.71. The minimum Gasteiger partial charge on any atom is -0.308 e. The van der Waals surface area contributed by atoms with Crippen LogP contribution < -0.4 is 5.56 Å². The van der Waals surface area contributed by atoms with E-state index >= 15 is 0 Å². The molecular weight excluding hydrogens is 298 g/mol. The van der Waals surface area contributed by atoms with E-state index in [9.17, 15) is 4.79 Å². The van der Waals surface area contributed by atoms with Gasteiger partial charge < -0.3 is 4.98 Å². The molecule has 0 fully saturated rings. The highest BCUT2D eigenvalue weighted by Gasteiger charge is 2.13. The van der Waals surface area contributed by atoms with E-state index < -0.39 is 0 Å². The van der Waals surface area contributed by atoms with Crippen molar-refractivity contribution in [3.63, 3.8) is 0 Å². The molecule has 6 nitrogen and oxygen atoms in total. The second-order valence-corrected chi connectivity index (χ2v) is 6.23. The summed E-state index contributed by atoms with van der Waals surface area (Å²) in [6, 6.07) is 2.14. The molecular formula is C15H17N5OS. The fourth-order valence-corrected chi connectivity index (χ4v) is 3.01. The third-order valence-electron chi connectivity index (χ3n) is 3.64. The summed E-state index contributed by atoms with van der Waals surface area (Å²) in [5.41, 5.74) is 1.65. The maximum Gasteiger partial charge on any atom is 0.268 e. The van der Waals surface area contributed by atoms with Gasteiger partial charge in [-0.3, -0.25) is 19.7 Å². The van der Waals surface area contributed by atoms with Crippen LogP contribution in [0.1, 0.15) is 18.4 Å². The highest BCUT2D eigenvalue weighted by Crippen LogP contribution is 2.14. The van der Waals surface area contributed by atoms with Crippen molar-refractivity contribution < 1.29 is 0 Å². The lowest BCUT2D eigenvalue weighted by Crippen LogP contribution is -2.32. The number of fused-ring (bicyclic) bond motifs is 1. The first-order chi connectivity index (χ1) is 10.6. The lowest BCUT2D eigenvalue weighted by Gasteiger charge is -2.23. The molecule has 0 aliphatic carbocycles. The number of rotatable bonds is 5. The molecule has 3 heterocycles. The van der Waals surface area contributed by atoms with Gasteiger partial charge in [-0.25, -0.2) is 4.98 Å². The van der Waals surface area contributed by atoms with E-state index in [1.807, 2.05) is 18.5 Å². The van der Waals surface area contributed by atoms with Gasteiger partial charge in [0.1, 0.15) is 10.5 Å². The third kappa shape index (κ3) is 3.20. The first-order valence-electron chi connectivity index (χ1n) is 7.05. The van der Waals surface area contributed by atoms with Crippen molar-refractivity contribution in [3.05, 3.63) is 51.9 Å². The van der Waals surface area contributed by atoms with Crippen molar-refractivity contribution in [1.29, 1.82) is 0 Å². The predicted molar refractivity (Wildman–Crippen MR) is 86.9 cm³/mol. The summed E-state index contributed by atoms with van der Waals surface area (Å²) in [5.74, 6) is 0.685. The van der Waals surface area contributed by atoms with Gasteiger partial charge in [-0.05, 0) is 25.4 Å². The molecule has 0 aliphatic heterocycles. The Labute approximate surface area is 131 Å². The van der Waals surface area contributed by atoms with E-state index in [4.69, 9.17) is 0 Å². The number of thiophene rings is 1. The number of nitrogens with zero attached hydrogens (tertiary/aromatic N) is 4. The molecule has 3 rings (SSSR count). The number of aromatic nitrogens is 4. The quantitative estimate of drug-likeness (QED) is 0.777. The second kappa shape index (κ2) is 6.33. The molecule has 0 aromatic carbocycles. The Hall–Kier alpha value is -2.12. The molecule has 0 saturated heterocycles. The summed E-state index contributed by atoms with van der Waals surface area (Å²) in [4.78, 5) is 29.9. The fraction of sp³-hybridized carbons (Fsp3) is 0.333. The molecule has 1 unspecified atom stereocenters. The number of likely N-dealkylation sites (N-methyl/N-ethyl adjacent to an activating group) is 1. The summed E-state index contributed by atoms with van der Waals surface area (Å²) < 4.78 is 0.680. The van der Waals surface area contributed by atoms with Crippen LogP contribution in [0.4, 0.5) is 0 Å². The minimum atomic E-state index is -0.0648. The minimum absolute atomic E-state index is 0.0648. The zero-order valence-electron chi connectivity index (χ0n) is 12.5. The van der Waals surface area contributed by atoms with Gasteiger partial charge >= 0.3 is 0 Å². The zero-order chi connectivity index (χ0) is 15.5. The molecule has 1 atom stereocenters. The van der Waals surface area contributed by atoms with Gasteiger partial charge in [0.2, 0.25) is 0 Å². The SMILES string of the molecule is CC(Cc1cnccn1)N(C)Cc1nc2ccsc2c(=O)[nH]1. The molecule has 0 aliphatic rings. The number of aromatic amines is 1. The van der Waals surface area contributed by atoms with Crippen LogP contribution in [0.25, 0.3) is 10.2 Å². The predicted octanol–water partition coefficient (Wildman–Crippen LogP) is 1.84. The molecule has 1 N–H and O–H groups in total. The summed E-state index contributed by atoms with van der Waals surface area (Å²) in [6.07, 6.45) is 5.95. The molecule has 0 radical (unpaired) electrons. The van der Waals surface area contributed by atoms with Crippen molar-refractivity contribution in [2.24, 2.45) is 0 Å². The van der Waals surface area contributed by atoms with E-state index in [-0.39, 0.29) is 11.6 Å². The van der Waals surface area contributed by atoms with Crippen LogP contribution in [0.15, 0.2) is 34.8 Å². The molecule has 3 aromatic heterocycles. The molecule has 0 bridgehead atoms. The van der Waals surface area contributed by atoms with Crippen molar-refractivity contribution >= 4 is 21.6 Å². The topological polar surface area (TPSA) is 74.8 Å². The van der Waals surface area contributed by atoms with E-state index in [0.29, 0.717) is 17.1 Å². The van der Waals surface area contributed by atoms with Gasteiger partial charge in [-0.2, -0.15) is 0 Å². The summed E-state index contributed by atoms with van der Waals surface area (Å²) in [7, 11) is 2.01. The Balaban J connectivity index is 1.72. The second-order valence-electron chi connectivity index (χ2n) is 5.31. The van der Waals surface area contributed by atoms with Gasteiger partial charge in [-0.1, -0.05) is 0 Å². The van der Waals surface area contributed by atoms with Gasteiger partial charge in [0.15, 0.2) is 0 Å². The van der Waals surface area contributed by atoms with Crippen LogP contribution in [0.3, 0.4) is 0 Å². The van der Waals surface area contributed by atoms with Crippen molar-refractivity contribution in [1.82, 2.24) is 24.8 Å². The van der Waals surface area contributed by atoms with Gasteiger partial charge in [0, 0.05) is 31.1 Å². The standard InChI is InChI=1S/C15H17N5OS/c1-10(7-11-8-16-4-5-17-11)20(2)9-13-18-12-3-6-22-14(12)15(21)19-13/h3-6,8,10H,7,9H2,1-2H3,(H,18,19,21). The first kappa shape index (κ1) is 14.8. The molecule has 0 saturated carbocycles. The van der Waals surface area contributed by atoms with E-state index in [0.717, 1.165) is 17.6 Å². The largest absolute Gasteiger partial charge is 0.308 e. The lowest BCUT2D eigenvalue weighted by atomic mass is 10.1. The van der Waals surface area contributed by atoms with E-state index in [1.54, 1.807) is 18.6 Å².